The minimum absolute atomic E-state index is 0.0408. The Morgan fingerprint density at radius 1 is 0.548 bits per heavy atom. The number of para-hydroxylation sites is 3. The fraction of sp³-hybridized carbons (Fsp3) is 0.0769. The molecule has 0 atom stereocenters. The van der Waals surface area contributed by atoms with Crippen molar-refractivity contribution in [2.45, 2.75) is 19.3 Å². The quantitative estimate of drug-likeness (QED) is 0.234. The van der Waals surface area contributed by atoms with Crippen LogP contribution in [0.5, 0.6) is 0 Å². The number of fused-ring (bicyclic) bond motifs is 6. The molecule has 7 aromatic rings. The number of nitrogens with one attached hydrogen (secondary N) is 1. The lowest BCUT2D eigenvalue weighted by atomic mass is 9.82. The van der Waals surface area contributed by atoms with Crippen LogP contribution in [0.2, 0.25) is 0 Å². The molecule has 0 saturated heterocycles. The number of furan rings is 1. The van der Waals surface area contributed by atoms with Gasteiger partial charge < -0.3 is 14.6 Å². The molecule has 1 heterocycles. The molecule has 0 amide bonds. The van der Waals surface area contributed by atoms with E-state index in [2.05, 4.69) is 151 Å². The minimum atomic E-state index is -0.0408. The van der Waals surface area contributed by atoms with E-state index in [1.54, 1.807) is 0 Å². The van der Waals surface area contributed by atoms with Gasteiger partial charge in [0.15, 0.2) is 5.58 Å². The summed E-state index contributed by atoms with van der Waals surface area (Å²) >= 11 is 0. The van der Waals surface area contributed by atoms with Crippen molar-refractivity contribution in [3.8, 4) is 11.1 Å². The van der Waals surface area contributed by atoms with Gasteiger partial charge in [0.1, 0.15) is 5.58 Å². The van der Waals surface area contributed by atoms with E-state index in [1.165, 1.54) is 22.3 Å². The molecule has 202 valence electrons. The summed E-state index contributed by atoms with van der Waals surface area (Å²) in [5.74, 6) is 0. The number of hydrogen-bond donors (Lipinski definition) is 1. The van der Waals surface area contributed by atoms with E-state index >= 15 is 0 Å². The van der Waals surface area contributed by atoms with Crippen molar-refractivity contribution in [2.24, 2.45) is 0 Å². The van der Waals surface area contributed by atoms with E-state index in [0.29, 0.717) is 0 Å². The summed E-state index contributed by atoms with van der Waals surface area (Å²) in [6.45, 7) is 4.64. The molecule has 3 nitrogen and oxygen atoms in total. The Morgan fingerprint density at radius 2 is 1.24 bits per heavy atom. The monoisotopic (exact) mass is 542 g/mol. The first-order valence-corrected chi connectivity index (χ1v) is 14.4. The summed E-state index contributed by atoms with van der Waals surface area (Å²) in [5, 5.41) is 5.94. The van der Waals surface area contributed by atoms with Crippen LogP contribution in [0.3, 0.4) is 0 Å². The van der Waals surface area contributed by atoms with Crippen LogP contribution in [-0.2, 0) is 5.41 Å². The van der Waals surface area contributed by atoms with Crippen LogP contribution in [0.1, 0.15) is 25.0 Å². The second-order valence-corrected chi connectivity index (χ2v) is 11.5. The first-order chi connectivity index (χ1) is 20.6. The number of anilines is 5. The average molecular weight is 543 g/mol. The smallest absolute Gasteiger partial charge is 0.159 e. The maximum Gasteiger partial charge on any atom is 0.159 e. The Bertz CT molecular complexity index is 2110. The highest BCUT2D eigenvalue weighted by Crippen LogP contribution is 2.49. The van der Waals surface area contributed by atoms with Crippen LogP contribution in [0.15, 0.2) is 144 Å². The number of benzene rings is 6. The van der Waals surface area contributed by atoms with E-state index in [9.17, 15) is 0 Å². The van der Waals surface area contributed by atoms with E-state index in [1.807, 2.05) is 12.1 Å². The van der Waals surface area contributed by atoms with Gasteiger partial charge >= 0.3 is 0 Å². The molecule has 6 aromatic carbocycles. The van der Waals surface area contributed by atoms with Crippen molar-refractivity contribution in [3.63, 3.8) is 0 Å². The Morgan fingerprint density at radius 3 is 2.14 bits per heavy atom. The number of hydrogen-bond acceptors (Lipinski definition) is 3. The third-order valence-corrected chi connectivity index (χ3v) is 8.62. The fourth-order valence-corrected chi connectivity index (χ4v) is 6.58. The summed E-state index contributed by atoms with van der Waals surface area (Å²) in [7, 11) is 0. The van der Waals surface area contributed by atoms with Crippen molar-refractivity contribution in [3.05, 3.63) is 151 Å². The molecule has 1 aliphatic rings. The average Bonchev–Trinajstić information content (AvgIpc) is 3.51. The van der Waals surface area contributed by atoms with Crippen molar-refractivity contribution in [1.29, 1.82) is 0 Å². The summed E-state index contributed by atoms with van der Waals surface area (Å²) in [4.78, 5) is 2.28. The van der Waals surface area contributed by atoms with Gasteiger partial charge in [-0.25, -0.2) is 0 Å². The first-order valence-electron chi connectivity index (χ1n) is 14.4. The third kappa shape index (κ3) is 3.82. The molecule has 1 aliphatic carbocycles. The lowest BCUT2D eigenvalue weighted by Crippen LogP contribution is -2.15. The van der Waals surface area contributed by atoms with Gasteiger partial charge in [-0.1, -0.05) is 98.8 Å². The molecule has 0 unspecified atom stereocenters. The maximum atomic E-state index is 6.46. The molecular weight excluding hydrogens is 512 g/mol. The molecule has 42 heavy (non-hydrogen) atoms. The second kappa shape index (κ2) is 9.39. The SMILES string of the molecule is CC1(C)c2ccccc2-c2ccc(Nc3cccc(N(c4ccccc4)c4cccc5c4oc4ccccc45)c3)cc21. The Balaban J connectivity index is 1.21. The van der Waals surface area contributed by atoms with Gasteiger partial charge in [-0.15, -0.1) is 0 Å². The highest BCUT2D eigenvalue weighted by atomic mass is 16.3. The Labute approximate surface area is 245 Å². The van der Waals surface area contributed by atoms with Gasteiger partial charge in [-0.3, -0.25) is 0 Å². The molecule has 0 spiro atoms. The predicted molar refractivity (Wildman–Crippen MR) is 176 cm³/mol. The second-order valence-electron chi connectivity index (χ2n) is 11.5. The van der Waals surface area contributed by atoms with Gasteiger partial charge in [0, 0.05) is 38.9 Å². The summed E-state index contributed by atoms with van der Waals surface area (Å²) in [5.41, 5.74) is 12.4. The maximum absolute atomic E-state index is 6.46. The van der Waals surface area contributed by atoms with Crippen LogP contribution < -0.4 is 10.2 Å². The topological polar surface area (TPSA) is 28.4 Å². The normalized spacial score (nSPS) is 13.2. The minimum Gasteiger partial charge on any atom is -0.454 e. The highest BCUT2D eigenvalue weighted by molar-refractivity contribution is 6.10. The van der Waals surface area contributed by atoms with Crippen molar-refractivity contribution in [2.75, 3.05) is 10.2 Å². The molecule has 0 bridgehead atoms. The number of nitrogens with zero attached hydrogens (tertiary/aromatic N) is 1. The Kier molecular flexibility index (Phi) is 5.48. The van der Waals surface area contributed by atoms with Gasteiger partial charge in [-0.2, -0.15) is 0 Å². The van der Waals surface area contributed by atoms with Crippen LogP contribution in [0.4, 0.5) is 28.4 Å². The molecule has 0 saturated carbocycles. The van der Waals surface area contributed by atoms with E-state index < -0.39 is 0 Å². The number of rotatable bonds is 5. The zero-order chi connectivity index (χ0) is 28.3. The molecule has 0 aliphatic heterocycles. The molecular formula is C39H30N2O. The van der Waals surface area contributed by atoms with Crippen LogP contribution in [0, 0.1) is 0 Å². The van der Waals surface area contributed by atoms with Crippen molar-refractivity contribution < 1.29 is 4.42 Å². The summed E-state index contributed by atoms with van der Waals surface area (Å²) in [6, 6.07) is 49.2. The molecule has 0 fully saturated rings. The van der Waals surface area contributed by atoms with Crippen LogP contribution >= 0.6 is 0 Å². The Hall–Kier alpha value is -5.28. The molecule has 1 N–H and O–H groups in total. The molecule has 1 aromatic heterocycles. The van der Waals surface area contributed by atoms with E-state index in [4.69, 9.17) is 4.42 Å². The van der Waals surface area contributed by atoms with Crippen molar-refractivity contribution in [1.82, 2.24) is 0 Å². The largest absolute Gasteiger partial charge is 0.454 e. The fourth-order valence-electron chi connectivity index (χ4n) is 6.58. The highest BCUT2D eigenvalue weighted by Gasteiger charge is 2.35. The predicted octanol–water partition coefficient (Wildman–Crippen LogP) is 11.1. The molecule has 8 rings (SSSR count). The van der Waals surface area contributed by atoms with E-state index in [-0.39, 0.29) is 5.41 Å². The lowest BCUT2D eigenvalue weighted by Gasteiger charge is -2.26. The molecule has 3 heteroatoms. The first kappa shape index (κ1) is 24.5. The van der Waals surface area contributed by atoms with Gasteiger partial charge in [-0.05, 0) is 76.9 Å². The van der Waals surface area contributed by atoms with Crippen LogP contribution in [0.25, 0.3) is 33.1 Å². The summed E-state index contributed by atoms with van der Waals surface area (Å²) in [6.07, 6.45) is 0. The molecule has 0 radical (unpaired) electrons. The van der Waals surface area contributed by atoms with Crippen LogP contribution in [-0.4, -0.2) is 0 Å². The van der Waals surface area contributed by atoms with Gasteiger partial charge in [0.2, 0.25) is 0 Å². The zero-order valence-corrected chi connectivity index (χ0v) is 23.6. The standard InChI is InChI=1S/C39H30N2O/c1-39(2)34-19-8-6-16-30(34)31-23-22-27(25-35(31)39)40-26-12-10-15-29(24-26)41(28-13-4-3-5-14-28)36-20-11-18-33-32-17-7-9-21-37(32)42-38(33)36/h3-25,40H,1-2H3. The van der Waals surface area contributed by atoms with Gasteiger partial charge in [0.05, 0.1) is 5.69 Å². The van der Waals surface area contributed by atoms with Crippen molar-refractivity contribution >= 4 is 50.4 Å². The summed E-state index contributed by atoms with van der Waals surface area (Å²) < 4.78 is 6.46. The zero-order valence-electron chi connectivity index (χ0n) is 23.6. The van der Waals surface area contributed by atoms with Gasteiger partial charge in [0.25, 0.3) is 0 Å². The third-order valence-electron chi connectivity index (χ3n) is 8.62. The lowest BCUT2D eigenvalue weighted by molar-refractivity contribution is 0.660. The van der Waals surface area contributed by atoms with E-state index in [0.717, 1.165) is 50.4 Å².